The molecule has 3 aromatic rings. The Morgan fingerprint density at radius 1 is 1.02 bits per heavy atom. The van der Waals surface area contributed by atoms with E-state index in [1.54, 1.807) is 0 Å². The fourth-order valence-electron chi connectivity index (χ4n) is 4.70. The van der Waals surface area contributed by atoms with E-state index >= 15 is 0 Å². The van der Waals surface area contributed by atoms with E-state index in [9.17, 15) is 0 Å². The molecule has 1 aliphatic heterocycles. The molecule has 0 amide bonds. The number of hydrogen-bond donors (Lipinski definition) is 5. The van der Waals surface area contributed by atoms with Crippen molar-refractivity contribution >= 4 is 5.84 Å². The molecule has 0 aliphatic carbocycles. The largest absolute Gasteiger partial charge is 0.382 e. The van der Waals surface area contributed by atoms with Gasteiger partial charge in [0.15, 0.2) is 0 Å². The predicted molar refractivity (Wildman–Crippen MR) is 178 cm³/mol. The first kappa shape index (κ1) is 35.2. The topological polar surface area (TPSA) is 93.0 Å². The fraction of sp³-hybridized carbons (Fsp3) is 0.343. The maximum Gasteiger partial charge on any atom is 0.139 e. The van der Waals surface area contributed by atoms with E-state index in [2.05, 4.69) is 115 Å². The standard InChI is InChI=1S/C15H16.C13H21N5.C6H11N.CH4/c1-2-15(13-9-5-3-6-10-13)14-11-7-4-8-12-14;1-9(12-4-3-7-18(12)2)16-8-10-5-6-11(17-10)13(14)15;1-3-5-7-6-4-2;/h3-12,15H,2H2,1H3;5-6,12,16-17H,1,3-4,7-8H2,2H3,(H3,14,15);3-4,7H,1-2,5-6H2;1H4. The summed E-state index contributed by atoms with van der Waals surface area (Å²) in [5, 5.41) is 13.7. The van der Waals surface area contributed by atoms with E-state index in [-0.39, 0.29) is 13.3 Å². The molecule has 6 N–H and O–H groups in total. The number of aromatic nitrogens is 1. The zero-order valence-corrected chi connectivity index (χ0v) is 24.3. The van der Waals surface area contributed by atoms with Gasteiger partial charge in [-0.1, -0.05) is 93.7 Å². The molecule has 0 saturated carbocycles. The molecule has 2 aromatic carbocycles. The van der Waals surface area contributed by atoms with Gasteiger partial charge >= 0.3 is 0 Å². The number of nitrogens with zero attached hydrogens (tertiary/aromatic N) is 1. The van der Waals surface area contributed by atoms with Gasteiger partial charge in [0, 0.05) is 36.4 Å². The van der Waals surface area contributed by atoms with Gasteiger partial charge in [-0.3, -0.25) is 10.3 Å². The Labute approximate surface area is 249 Å². The molecule has 41 heavy (non-hydrogen) atoms. The number of nitrogen functional groups attached to an aromatic ring is 1. The van der Waals surface area contributed by atoms with Gasteiger partial charge in [-0.2, -0.15) is 0 Å². The van der Waals surface area contributed by atoms with Crippen molar-refractivity contribution in [3.8, 4) is 0 Å². The Hall–Kier alpha value is -3.87. The van der Waals surface area contributed by atoms with Crippen LogP contribution in [0.25, 0.3) is 0 Å². The molecule has 4 rings (SSSR count). The molecule has 1 saturated heterocycles. The SMILES string of the molecule is C.C=C(NCc1ccc(C(=N)N)[nH]1)C1CCCN1C.C=CCNCC=C.CCC(c1ccccc1)c1ccccc1. The second-order valence-electron chi connectivity index (χ2n) is 9.85. The Morgan fingerprint density at radius 2 is 1.59 bits per heavy atom. The van der Waals surface area contributed by atoms with Crippen LogP contribution in [0.2, 0.25) is 0 Å². The minimum Gasteiger partial charge on any atom is -0.382 e. The van der Waals surface area contributed by atoms with Crippen LogP contribution in [0.4, 0.5) is 0 Å². The summed E-state index contributed by atoms with van der Waals surface area (Å²) >= 11 is 0. The van der Waals surface area contributed by atoms with Crippen LogP contribution in [0.3, 0.4) is 0 Å². The molecule has 2 heterocycles. The number of aromatic amines is 1. The molecule has 1 aromatic heterocycles. The van der Waals surface area contributed by atoms with Gasteiger partial charge in [0.05, 0.1) is 12.2 Å². The lowest BCUT2D eigenvalue weighted by molar-refractivity contribution is 0.334. The highest BCUT2D eigenvalue weighted by atomic mass is 15.2. The number of benzene rings is 2. The Kier molecular flexibility index (Phi) is 17.2. The van der Waals surface area contributed by atoms with Crippen LogP contribution in [0, 0.1) is 5.41 Å². The van der Waals surface area contributed by atoms with Crippen LogP contribution in [-0.2, 0) is 6.54 Å². The summed E-state index contributed by atoms with van der Waals surface area (Å²) in [5.74, 6) is 0.600. The van der Waals surface area contributed by atoms with E-state index in [0.717, 1.165) is 37.4 Å². The van der Waals surface area contributed by atoms with Crippen LogP contribution in [0.1, 0.15) is 62.0 Å². The van der Waals surface area contributed by atoms with Crippen molar-refractivity contribution in [1.29, 1.82) is 5.41 Å². The molecule has 1 atom stereocenters. The Morgan fingerprint density at radius 3 is 2.00 bits per heavy atom. The molecule has 1 unspecified atom stereocenters. The number of nitrogens with two attached hydrogens (primary N) is 1. The molecule has 1 fully saturated rings. The van der Waals surface area contributed by atoms with Crippen molar-refractivity contribution in [1.82, 2.24) is 20.5 Å². The zero-order chi connectivity index (χ0) is 29.2. The number of nitrogens with one attached hydrogen (secondary N) is 4. The second-order valence-corrected chi connectivity index (χ2v) is 9.85. The molecular formula is C35H52N6. The van der Waals surface area contributed by atoms with Gasteiger partial charge in [-0.25, -0.2) is 0 Å². The lowest BCUT2D eigenvalue weighted by atomic mass is 9.89. The fourth-order valence-corrected chi connectivity index (χ4v) is 4.70. The summed E-state index contributed by atoms with van der Waals surface area (Å²) in [5.41, 5.74) is 11.0. The van der Waals surface area contributed by atoms with Crippen LogP contribution in [-0.4, -0.2) is 48.4 Å². The highest BCUT2D eigenvalue weighted by Crippen LogP contribution is 2.27. The van der Waals surface area contributed by atoms with Crippen molar-refractivity contribution in [2.75, 3.05) is 26.7 Å². The number of amidine groups is 1. The highest BCUT2D eigenvalue weighted by Gasteiger charge is 2.23. The minimum atomic E-state index is 0. The first-order valence-corrected chi connectivity index (χ1v) is 14.1. The molecule has 0 radical (unpaired) electrons. The molecular weight excluding hydrogens is 504 g/mol. The second kappa shape index (κ2) is 20.1. The van der Waals surface area contributed by atoms with Crippen LogP contribution < -0.4 is 16.4 Å². The predicted octanol–water partition coefficient (Wildman–Crippen LogP) is 6.81. The van der Waals surface area contributed by atoms with Crippen molar-refractivity contribution in [2.24, 2.45) is 5.73 Å². The third-order valence-electron chi connectivity index (χ3n) is 6.85. The monoisotopic (exact) mass is 556 g/mol. The quantitative estimate of drug-likeness (QED) is 0.0733. The lowest BCUT2D eigenvalue weighted by Gasteiger charge is -2.22. The minimum absolute atomic E-state index is 0. The molecule has 6 heteroatoms. The third-order valence-corrected chi connectivity index (χ3v) is 6.85. The first-order chi connectivity index (χ1) is 19.4. The van der Waals surface area contributed by atoms with Gasteiger partial charge in [0.1, 0.15) is 5.84 Å². The van der Waals surface area contributed by atoms with E-state index in [1.807, 2.05) is 24.3 Å². The smallest absolute Gasteiger partial charge is 0.139 e. The van der Waals surface area contributed by atoms with Gasteiger partial charge < -0.3 is 21.4 Å². The average Bonchev–Trinajstić information content (AvgIpc) is 3.64. The Balaban J connectivity index is 0.000000332. The van der Waals surface area contributed by atoms with Crippen molar-refractivity contribution < 1.29 is 0 Å². The zero-order valence-electron chi connectivity index (χ0n) is 24.3. The number of likely N-dealkylation sites (tertiary alicyclic amines) is 1. The third kappa shape index (κ3) is 12.5. The number of rotatable bonds is 12. The summed E-state index contributed by atoms with van der Waals surface area (Å²) < 4.78 is 0. The summed E-state index contributed by atoms with van der Waals surface area (Å²) in [4.78, 5) is 5.43. The molecule has 222 valence electrons. The lowest BCUT2D eigenvalue weighted by Crippen LogP contribution is -2.32. The number of likely N-dealkylation sites (N-methyl/N-ethyl adjacent to an activating group) is 1. The van der Waals surface area contributed by atoms with Crippen molar-refractivity contribution in [3.05, 3.63) is 133 Å². The van der Waals surface area contributed by atoms with Gasteiger partial charge in [-0.15, -0.1) is 13.2 Å². The summed E-state index contributed by atoms with van der Waals surface area (Å²) in [7, 11) is 2.13. The highest BCUT2D eigenvalue weighted by molar-refractivity contribution is 5.93. The normalized spacial score (nSPS) is 14.0. The van der Waals surface area contributed by atoms with E-state index in [0.29, 0.717) is 24.2 Å². The maximum absolute atomic E-state index is 7.33. The van der Waals surface area contributed by atoms with Gasteiger partial charge in [-0.05, 0) is 56.1 Å². The molecule has 6 nitrogen and oxygen atoms in total. The van der Waals surface area contributed by atoms with Crippen LogP contribution >= 0.6 is 0 Å². The van der Waals surface area contributed by atoms with Gasteiger partial charge in [0.2, 0.25) is 0 Å². The molecule has 0 bridgehead atoms. The van der Waals surface area contributed by atoms with Gasteiger partial charge in [0.25, 0.3) is 0 Å². The van der Waals surface area contributed by atoms with Crippen molar-refractivity contribution in [2.45, 2.75) is 52.1 Å². The molecule has 1 aliphatic rings. The van der Waals surface area contributed by atoms with Crippen LogP contribution in [0.15, 0.2) is 110 Å². The maximum atomic E-state index is 7.33. The van der Waals surface area contributed by atoms with Crippen LogP contribution in [0.5, 0.6) is 0 Å². The van der Waals surface area contributed by atoms with Crippen molar-refractivity contribution in [3.63, 3.8) is 0 Å². The number of hydrogen-bond acceptors (Lipinski definition) is 4. The van der Waals surface area contributed by atoms with E-state index < -0.39 is 0 Å². The first-order valence-electron chi connectivity index (χ1n) is 14.1. The van der Waals surface area contributed by atoms with E-state index in [1.165, 1.54) is 24.0 Å². The summed E-state index contributed by atoms with van der Waals surface area (Å²) in [6, 6.07) is 25.6. The number of H-pyrrole nitrogens is 1. The van der Waals surface area contributed by atoms with E-state index in [4.69, 9.17) is 11.1 Å². The average molecular weight is 557 g/mol. The Bertz CT molecular complexity index is 1100. The summed E-state index contributed by atoms with van der Waals surface area (Å²) in [6.07, 6.45) is 7.20. The summed E-state index contributed by atoms with van der Waals surface area (Å²) in [6.45, 7) is 17.0. The molecule has 0 spiro atoms.